The summed E-state index contributed by atoms with van der Waals surface area (Å²) < 4.78 is 14.8. The Balaban J connectivity index is 1.70. The molecule has 0 aromatic heterocycles. The topological polar surface area (TPSA) is 77.3 Å². The van der Waals surface area contributed by atoms with Crippen molar-refractivity contribution in [2.75, 3.05) is 17.6 Å². The molecule has 0 aliphatic heterocycles. The van der Waals surface area contributed by atoms with Gasteiger partial charge in [0.25, 0.3) is 5.91 Å². The summed E-state index contributed by atoms with van der Waals surface area (Å²) in [5.74, 6) is 0.555. The third kappa shape index (κ3) is 6.61. The third-order valence-corrected chi connectivity index (χ3v) is 6.96. The molecule has 3 aromatic carbocycles. The lowest BCUT2D eigenvalue weighted by Gasteiger charge is -2.29. The number of thiol groups is 1. The van der Waals surface area contributed by atoms with E-state index in [-0.39, 0.29) is 11.7 Å². The van der Waals surface area contributed by atoms with Gasteiger partial charge in [-0.05, 0) is 61.4 Å². The number of nitrogens with one attached hydrogen (secondary N) is 3. The summed E-state index contributed by atoms with van der Waals surface area (Å²) in [6.07, 6.45) is 0. The molecule has 3 N–H and O–H groups in total. The quantitative estimate of drug-likeness (QED) is 0.149. The maximum absolute atomic E-state index is 14.8. The first-order valence-electron chi connectivity index (χ1n) is 11.9. The second-order valence-corrected chi connectivity index (χ2v) is 10.8. The van der Waals surface area contributed by atoms with Gasteiger partial charge in [0.05, 0.1) is 5.69 Å². The molecule has 0 saturated carbocycles. The molecule has 0 saturated heterocycles. The maximum Gasteiger partial charge on any atom is 0.251 e. The van der Waals surface area contributed by atoms with E-state index in [0.717, 1.165) is 22.5 Å². The van der Waals surface area contributed by atoms with Crippen LogP contribution in [-0.2, 0) is 23.7 Å². The molecule has 0 atom stereocenters. The molecule has 0 bridgehead atoms. The van der Waals surface area contributed by atoms with Crippen LogP contribution in [-0.4, -0.2) is 18.2 Å². The lowest BCUT2D eigenvalue weighted by molar-refractivity contribution is 0.0951. The molecule has 0 aliphatic carbocycles. The Kier molecular flexibility index (Phi) is 9.04. The van der Waals surface area contributed by atoms with Crippen molar-refractivity contribution in [1.82, 2.24) is 5.32 Å². The number of hydrogen-bond acceptors (Lipinski definition) is 4. The molecule has 7 heteroatoms. The second-order valence-electron chi connectivity index (χ2n) is 9.35. The Hall–Kier alpha value is -3.45. The Morgan fingerprint density at radius 2 is 1.86 bits per heavy atom. The largest absolute Gasteiger partial charge is 0.382 e. The van der Waals surface area contributed by atoms with Crippen molar-refractivity contribution >= 4 is 34.6 Å². The van der Waals surface area contributed by atoms with Crippen LogP contribution in [0.4, 0.5) is 15.8 Å². The molecule has 0 aliphatic rings. The average molecular weight is 506 g/mol. The van der Waals surface area contributed by atoms with Crippen molar-refractivity contribution < 1.29 is 9.18 Å². The number of rotatable bonds is 11. The fraction of sp³-hybridized carbons (Fsp3) is 0.276. The van der Waals surface area contributed by atoms with Crippen LogP contribution in [0.1, 0.15) is 54.7 Å². The first-order valence-corrected chi connectivity index (χ1v) is 13.0. The molecule has 5 nitrogen and oxygen atoms in total. The standard InChI is InChI=1S/C29H33FN4OS/c1-6-36-22-13-10-20(11-14-22)17-32-28(35)21-12-15-25(26(16-21)34-31)33-18-29(4,5)27-23(19(2)3)8-7-9-24(27)30/h7-16,31,33H,2,6,17-18H2,1,3-5H3,(H,32,35)/p+1. The molecule has 3 rings (SSSR count). The lowest BCUT2D eigenvalue weighted by Crippen LogP contribution is -2.30. The zero-order chi connectivity index (χ0) is 26.3. The van der Waals surface area contributed by atoms with Crippen molar-refractivity contribution in [3.8, 4) is 0 Å². The van der Waals surface area contributed by atoms with Gasteiger partial charge in [0.2, 0.25) is 0 Å². The summed E-state index contributed by atoms with van der Waals surface area (Å²) in [6, 6.07) is 18.2. The van der Waals surface area contributed by atoms with E-state index in [0.29, 0.717) is 35.6 Å². The molecule has 0 fully saturated rings. The first-order chi connectivity index (χ1) is 17.2. The van der Waals surface area contributed by atoms with Crippen LogP contribution in [0, 0.1) is 11.3 Å². The van der Waals surface area contributed by atoms with Gasteiger partial charge in [-0.15, -0.1) is 0 Å². The van der Waals surface area contributed by atoms with Gasteiger partial charge in [-0.25, -0.2) is 9.92 Å². The van der Waals surface area contributed by atoms with Crippen LogP contribution in [0.2, 0.25) is 0 Å². The highest BCUT2D eigenvalue weighted by Gasteiger charge is 2.27. The second kappa shape index (κ2) is 12.0. The summed E-state index contributed by atoms with van der Waals surface area (Å²) in [5, 5.41) is 9.83. The van der Waals surface area contributed by atoms with Crippen molar-refractivity contribution in [1.29, 1.82) is 5.53 Å². The van der Waals surface area contributed by atoms with Crippen LogP contribution < -0.4 is 10.6 Å². The summed E-state index contributed by atoms with van der Waals surface area (Å²) in [7, 11) is 0. The normalized spacial score (nSPS) is 11.1. The summed E-state index contributed by atoms with van der Waals surface area (Å²) in [4.78, 5) is 14.0. The highest BCUT2D eigenvalue weighted by atomic mass is 32.2. The zero-order valence-corrected chi connectivity index (χ0v) is 22.2. The minimum atomic E-state index is -0.568. The van der Waals surface area contributed by atoms with Crippen LogP contribution >= 0.6 is 0 Å². The smallest absolute Gasteiger partial charge is 0.251 e. The van der Waals surface area contributed by atoms with Crippen LogP contribution in [0.15, 0.2) is 77.3 Å². The number of nitrogens with zero attached hydrogens (tertiary/aromatic N) is 1. The van der Waals surface area contributed by atoms with E-state index in [1.807, 2.05) is 39.0 Å². The molecule has 188 valence electrons. The average Bonchev–Trinajstić information content (AvgIpc) is 2.86. The van der Waals surface area contributed by atoms with Crippen molar-refractivity contribution in [3.05, 3.63) is 95.3 Å². The first kappa shape index (κ1) is 27.1. The predicted octanol–water partition coefficient (Wildman–Crippen LogP) is 7.03. The summed E-state index contributed by atoms with van der Waals surface area (Å²) in [5.41, 5.74) is 11.6. The van der Waals surface area contributed by atoms with Gasteiger partial charge in [-0.2, -0.15) is 5.11 Å². The minimum absolute atomic E-state index is 0.236. The van der Waals surface area contributed by atoms with Crippen LogP contribution in [0.5, 0.6) is 0 Å². The van der Waals surface area contributed by atoms with Crippen molar-refractivity contribution in [2.45, 2.75) is 44.6 Å². The van der Waals surface area contributed by atoms with E-state index in [9.17, 15) is 9.18 Å². The van der Waals surface area contributed by atoms with Crippen LogP contribution in [0.25, 0.3) is 5.57 Å². The fourth-order valence-electron chi connectivity index (χ4n) is 4.07. The zero-order valence-electron chi connectivity index (χ0n) is 21.3. The highest BCUT2D eigenvalue weighted by molar-refractivity contribution is 7.78. The van der Waals surface area contributed by atoms with Crippen molar-refractivity contribution in [2.24, 2.45) is 5.11 Å². The van der Waals surface area contributed by atoms with E-state index in [1.165, 1.54) is 22.7 Å². The number of carbonyl (C=O) groups is 1. The molecule has 0 spiro atoms. The monoisotopic (exact) mass is 505 g/mol. The molecule has 0 radical (unpaired) electrons. The van der Waals surface area contributed by atoms with E-state index in [2.05, 4.69) is 41.4 Å². The maximum atomic E-state index is 14.8. The molecule has 0 heterocycles. The molecular formula is C29H34FN4OS+. The van der Waals surface area contributed by atoms with Crippen LogP contribution in [0.3, 0.4) is 0 Å². The van der Waals surface area contributed by atoms with E-state index >= 15 is 0 Å². The molecular weight excluding hydrogens is 471 g/mol. The Bertz CT molecular complexity index is 1250. The molecule has 0 unspecified atom stereocenters. The van der Waals surface area contributed by atoms with Gasteiger partial charge < -0.3 is 10.6 Å². The third-order valence-electron chi connectivity index (χ3n) is 5.98. The number of benzene rings is 3. The van der Waals surface area contributed by atoms with E-state index in [4.69, 9.17) is 5.53 Å². The summed E-state index contributed by atoms with van der Waals surface area (Å²) in [6.45, 7) is 12.7. The SMILES string of the molecule is C=C(C)c1cccc(F)c1C(C)(C)CNc1ccc(C(=O)NCc2ccc([SH+]CC)cc2)cc1N=N. The number of halogens is 1. The highest BCUT2D eigenvalue weighted by Crippen LogP contribution is 2.34. The van der Waals surface area contributed by atoms with Crippen molar-refractivity contribution in [3.63, 3.8) is 0 Å². The Morgan fingerprint density at radius 3 is 2.50 bits per heavy atom. The minimum Gasteiger partial charge on any atom is -0.382 e. The van der Waals surface area contributed by atoms with Gasteiger partial charge in [-0.3, -0.25) is 4.79 Å². The Labute approximate surface area is 217 Å². The lowest BCUT2D eigenvalue weighted by atomic mass is 9.79. The molecule has 36 heavy (non-hydrogen) atoms. The number of amides is 1. The van der Waals surface area contributed by atoms with E-state index in [1.54, 1.807) is 24.3 Å². The molecule has 3 aromatic rings. The Morgan fingerprint density at radius 1 is 1.14 bits per heavy atom. The fourth-order valence-corrected chi connectivity index (χ4v) is 4.80. The number of hydrogen-bond donors (Lipinski definition) is 3. The van der Waals surface area contributed by atoms with E-state index < -0.39 is 5.41 Å². The summed E-state index contributed by atoms with van der Waals surface area (Å²) >= 11 is 1.28. The number of anilines is 1. The van der Waals surface area contributed by atoms with Gasteiger partial charge in [0.1, 0.15) is 17.3 Å². The van der Waals surface area contributed by atoms with Gasteiger partial charge >= 0.3 is 0 Å². The van der Waals surface area contributed by atoms with Gasteiger partial charge in [0.15, 0.2) is 4.90 Å². The predicted molar refractivity (Wildman–Crippen MR) is 149 cm³/mol. The number of carbonyl (C=O) groups excluding carboxylic acids is 1. The molecule has 1 amide bonds. The number of allylic oxidation sites excluding steroid dienone is 1. The van der Waals surface area contributed by atoms with Gasteiger partial charge in [-0.1, -0.05) is 50.3 Å². The van der Waals surface area contributed by atoms with Gasteiger partial charge in [0, 0.05) is 41.4 Å².